The van der Waals surface area contributed by atoms with Crippen molar-refractivity contribution in [2.45, 2.75) is 26.0 Å². The smallest absolute Gasteiger partial charge is 0.120 e. The maximum atomic E-state index is 9.46. The molecule has 14 heavy (non-hydrogen) atoms. The van der Waals surface area contributed by atoms with Gasteiger partial charge in [0.2, 0.25) is 0 Å². The summed E-state index contributed by atoms with van der Waals surface area (Å²) in [5.74, 6) is 0.138. The Morgan fingerprint density at radius 1 is 1.36 bits per heavy atom. The molecule has 1 rings (SSSR count). The summed E-state index contributed by atoms with van der Waals surface area (Å²) in [7, 11) is 0. The summed E-state index contributed by atoms with van der Waals surface area (Å²) in [6, 6.07) is 4.65. The van der Waals surface area contributed by atoms with E-state index in [1.165, 1.54) is 0 Å². The number of aliphatic hydroxyl groups is 1. The Kier molecular flexibility index (Phi) is 4.91. The van der Waals surface area contributed by atoms with Crippen LogP contribution in [0.2, 0.25) is 0 Å². The van der Waals surface area contributed by atoms with Crippen molar-refractivity contribution in [2.24, 2.45) is 5.73 Å². The van der Waals surface area contributed by atoms with Crippen LogP contribution < -0.4 is 5.73 Å². The number of halogens is 1. The van der Waals surface area contributed by atoms with Crippen molar-refractivity contribution < 1.29 is 10.2 Å². The number of aryl methyl sites for hydroxylation is 1. The van der Waals surface area contributed by atoms with E-state index in [-0.39, 0.29) is 18.2 Å². The normalized spacial score (nSPS) is 14.3. The highest BCUT2D eigenvalue weighted by molar-refractivity contribution is 5.85. The molecule has 0 aliphatic carbocycles. The first-order valence-corrected chi connectivity index (χ1v) is 4.25. The Bertz CT molecular complexity index is 302. The molecular weight excluding hydrogens is 202 g/mol. The zero-order valence-corrected chi connectivity index (χ0v) is 9.08. The van der Waals surface area contributed by atoms with Crippen LogP contribution in [0, 0.1) is 6.92 Å². The summed E-state index contributed by atoms with van der Waals surface area (Å²) < 4.78 is 0. The highest BCUT2D eigenvalue weighted by Gasteiger charge is 2.15. The minimum atomic E-state index is -0.660. The second kappa shape index (κ2) is 5.20. The van der Waals surface area contributed by atoms with Crippen LogP contribution >= 0.6 is 12.4 Å². The van der Waals surface area contributed by atoms with Gasteiger partial charge < -0.3 is 15.9 Å². The minimum absolute atomic E-state index is 0. The number of nitrogens with two attached hydrogens (primary N) is 1. The zero-order valence-electron chi connectivity index (χ0n) is 8.27. The van der Waals surface area contributed by atoms with Gasteiger partial charge >= 0.3 is 0 Å². The number of rotatable bonds is 2. The predicted molar refractivity (Wildman–Crippen MR) is 58.7 cm³/mol. The molecule has 0 aliphatic rings. The minimum Gasteiger partial charge on any atom is -0.508 e. The van der Waals surface area contributed by atoms with E-state index in [2.05, 4.69) is 0 Å². The number of aliphatic hydroxyl groups excluding tert-OH is 1. The highest BCUT2D eigenvalue weighted by atomic mass is 35.5. The van der Waals surface area contributed by atoms with Crippen molar-refractivity contribution >= 4 is 12.4 Å². The van der Waals surface area contributed by atoms with E-state index in [9.17, 15) is 10.2 Å². The van der Waals surface area contributed by atoms with E-state index in [0.717, 1.165) is 5.56 Å². The molecule has 0 bridgehead atoms. The number of phenols is 1. The van der Waals surface area contributed by atoms with Gasteiger partial charge in [-0.1, -0.05) is 17.7 Å². The lowest BCUT2D eigenvalue weighted by Gasteiger charge is -2.16. The molecule has 0 fully saturated rings. The average Bonchev–Trinajstić information content (AvgIpc) is 2.08. The number of phenolic OH excluding ortho intramolecular Hbond substituents is 1. The SMILES string of the molecule is Cc1ccc(O)c([C@H](N)[C@@H](C)O)c1.Cl. The summed E-state index contributed by atoms with van der Waals surface area (Å²) in [6.45, 7) is 3.52. The molecule has 0 amide bonds. The summed E-state index contributed by atoms with van der Waals surface area (Å²) >= 11 is 0. The molecule has 1 aromatic carbocycles. The van der Waals surface area contributed by atoms with Crippen LogP contribution in [0.3, 0.4) is 0 Å². The van der Waals surface area contributed by atoms with Crippen LogP contribution in [0.5, 0.6) is 5.75 Å². The Morgan fingerprint density at radius 2 is 1.93 bits per heavy atom. The van der Waals surface area contributed by atoms with Crippen molar-refractivity contribution in [1.82, 2.24) is 0 Å². The van der Waals surface area contributed by atoms with Crippen LogP contribution in [-0.4, -0.2) is 16.3 Å². The second-order valence-electron chi connectivity index (χ2n) is 3.33. The Hall–Kier alpha value is -0.770. The van der Waals surface area contributed by atoms with Crippen molar-refractivity contribution in [3.05, 3.63) is 29.3 Å². The molecule has 4 N–H and O–H groups in total. The molecule has 0 heterocycles. The molecular formula is C10H16ClNO2. The third-order valence-corrected chi connectivity index (χ3v) is 2.06. The molecule has 0 saturated heterocycles. The molecule has 0 spiro atoms. The van der Waals surface area contributed by atoms with Gasteiger partial charge in [-0.05, 0) is 19.9 Å². The van der Waals surface area contributed by atoms with Gasteiger partial charge in [-0.3, -0.25) is 0 Å². The summed E-state index contributed by atoms with van der Waals surface area (Å²) in [6.07, 6.45) is -0.660. The van der Waals surface area contributed by atoms with Crippen molar-refractivity contribution in [3.8, 4) is 5.75 Å². The van der Waals surface area contributed by atoms with Crippen LogP contribution in [0.1, 0.15) is 24.1 Å². The van der Waals surface area contributed by atoms with Crippen molar-refractivity contribution in [3.63, 3.8) is 0 Å². The summed E-state index contributed by atoms with van der Waals surface area (Å²) in [5, 5.41) is 18.7. The number of hydrogen-bond donors (Lipinski definition) is 3. The lowest BCUT2D eigenvalue weighted by Crippen LogP contribution is -2.23. The first kappa shape index (κ1) is 13.2. The van der Waals surface area contributed by atoms with Crippen LogP contribution in [0.4, 0.5) is 0 Å². The lowest BCUT2D eigenvalue weighted by molar-refractivity contribution is 0.163. The third-order valence-electron chi connectivity index (χ3n) is 2.06. The van der Waals surface area contributed by atoms with E-state index >= 15 is 0 Å². The molecule has 0 aromatic heterocycles. The van der Waals surface area contributed by atoms with Gasteiger partial charge in [-0.2, -0.15) is 0 Å². The molecule has 0 aliphatic heterocycles. The standard InChI is InChI=1S/C10H15NO2.ClH/c1-6-3-4-9(13)8(5-6)10(11)7(2)12;/h3-5,7,10,12-13H,11H2,1-2H3;1H/t7-,10-;/m1./s1. The molecule has 2 atom stereocenters. The average molecular weight is 218 g/mol. The van der Waals surface area contributed by atoms with Gasteiger partial charge in [-0.15, -0.1) is 12.4 Å². The van der Waals surface area contributed by atoms with Gasteiger partial charge in [0.15, 0.2) is 0 Å². The number of hydrogen-bond acceptors (Lipinski definition) is 3. The van der Waals surface area contributed by atoms with Gasteiger partial charge in [0.05, 0.1) is 12.1 Å². The first-order valence-electron chi connectivity index (χ1n) is 4.25. The predicted octanol–water partition coefficient (Wildman–Crippen LogP) is 1.50. The molecule has 3 nitrogen and oxygen atoms in total. The van der Waals surface area contributed by atoms with Crippen molar-refractivity contribution in [2.75, 3.05) is 0 Å². The van der Waals surface area contributed by atoms with E-state index in [1.807, 2.05) is 6.92 Å². The topological polar surface area (TPSA) is 66.5 Å². The molecule has 4 heteroatoms. The van der Waals surface area contributed by atoms with E-state index < -0.39 is 12.1 Å². The Labute approximate surface area is 90.0 Å². The van der Waals surface area contributed by atoms with Crippen LogP contribution in [-0.2, 0) is 0 Å². The first-order chi connectivity index (χ1) is 6.02. The molecule has 1 aromatic rings. The van der Waals surface area contributed by atoms with Gasteiger partial charge in [0.25, 0.3) is 0 Å². The number of aromatic hydroxyl groups is 1. The molecule has 0 unspecified atom stereocenters. The van der Waals surface area contributed by atoms with E-state index in [4.69, 9.17) is 5.73 Å². The van der Waals surface area contributed by atoms with E-state index in [1.54, 1.807) is 25.1 Å². The Balaban J connectivity index is 0.00000169. The fourth-order valence-corrected chi connectivity index (χ4v) is 1.20. The Morgan fingerprint density at radius 3 is 2.43 bits per heavy atom. The zero-order chi connectivity index (χ0) is 10.0. The largest absolute Gasteiger partial charge is 0.508 e. The quantitative estimate of drug-likeness (QED) is 0.704. The van der Waals surface area contributed by atoms with Crippen molar-refractivity contribution in [1.29, 1.82) is 0 Å². The monoisotopic (exact) mass is 217 g/mol. The fourth-order valence-electron chi connectivity index (χ4n) is 1.20. The summed E-state index contributed by atoms with van der Waals surface area (Å²) in [5.41, 5.74) is 7.31. The fraction of sp³-hybridized carbons (Fsp3) is 0.400. The summed E-state index contributed by atoms with van der Waals surface area (Å²) in [4.78, 5) is 0. The number of benzene rings is 1. The van der Waals surface area contributed by atoms with Gasteiger partial charge in [-0.25, -0.2) is 0 Å². The third kappa shape index (κ3) is 2.87. The lowest BCUT2D eigenvalue weighted by atomic mass is 10.0. The van der Waals surface area contributed by atoms with Crippen LogP contribution in [0.25, 0.3) is 0 Å². The van der Waals surface area contributed by atoms with Crippen LogP contribution in [0.15, 0.2) is 18.2 Å². The highest BCUT2D eigenvalue weighted by Crippen LogP contribution is 2.25. The maximum absolute atomic E-state index is 9.46. The molecule has 0 saturated carbocycles. The second-order valence-corrected chi connectivity index (χ2v) is 3.33. The molecule has 0 radical (unpaired) electrons. The van der Waals surface area contributed by atoms with Gasteiger partial charge in [0.1, 0.15) is 5.75 Å². The van der Waals surface area contributed by atoms with Gasteiger partial charge in [0, 0.05) is 5.56 Å². The maximum Gasteiger partial charge on any atom is 0.120 e. The molecule has 80 valence electrons. The van der Waals surface area contributed by atoms with E-state index in [0.29, 0.717) is 5.56 Å².